The molecule has 0 saturated carbocycles. The van der Waals surface area contributed by atoms with Crippen LogP contribution in [0.1, 0.15) is 355 Å². The molecular formula is C63H123NO5. The molecule has 0 spiro atoms. The third kappa shape index (κ3) is 52.7. The molecule has 0 bridgehead atoms. The summed E-state index contributed by atoms with van der Waals surface area (Å²) < 4.78 is 5.98. The lowest BCUT2D eigenvalue weighted by Gasteiger charge is -2.24. The Hall–Kier alpha value is -1.40. The first-order valence-corrected chi connectivity index (χ1v) is 31.4. The minimum atomic E-state index is -0.786. The molecule has 0 aliphatic heterocycles. The van der Waals surface area contributed by atoms with Gasteiger partial charge in [-0.2, -0.15) is 0 Å². The lowest BCUT2D eigenvalue weighted by Crippen LogP contribution is -2.46. The Balaban J connectivity index is 4.47. The molecule has 410 valence electrons. The van der Waals surface area contributed by atoms with E-state index >= 15 is 0 Å². The molecule has 3 atom stereocenters. The molecule has 3 unspecified atom stereocenters. The summed E-state index contributed by atoms with van der Waals surface area (Å²) in [6.45, 7) is 6.54. The standard InChI is InChI=1S/C63H123NO5/c1-4-7-10-13-16-19-22-25-28-30-32-35-38-41-44-47-50-53-56-63(68)69-59(54-51-48-45-42-39-36-33-27-24-21-18-15-12-9-6-3)57-62(67)64-60(58-65)61(66)55-52-49-46-43-40-37-34-31-29-26-23-20-17-14-11-8-5-2/h27,33,59-61,65-66H,4-26,28-32,34-58H2,1-3H3,(H,64,67)/b33-27+. The van der Waals surface area contributed by atoms with Crippen LogP contribution in [-0.4, -0.2) is 46.9 Å². The number of carbonyl (C=O) groups excluding carboxylic acids is 2. The molecule has 0 aromatic carbocycles. The summed E-state index contributed by atoms with van der Waals surface area (Å²) in [6.07, 6.45) is 67.1. The third-order valence-electron chi connectivity index (χ3n) is 14.8. The van der Waals surface area contributed by atoms with Gasteiger partial charge in [-0.05, 0) is 51.4 Å². The zero-order valence-electron chi connectivity index (χ0n) is 47.0. The first-order chi connectivity index (χ1) is 34.0. The minimum Gasteiger partial charge on any atom is -0.462 e. The summed E-state index contributed by atoms with van der Waals surface area (Å²) >= 11 is 0. The highest BCUT2D eigenvalue weighted by Crippen LogP contribution is 2.19. The van der Waals surface area contributed by atoms with Crippen LogP contribution in [0.4, 0.5) is 0 Å². The number of aliphatic hydroxyl groups is 2. The highest BCUT2D eigenvalue weighted by atomic mass is 16.5. The Bertz CT molecular complexity index is 1050. The van der Waals surface area contributed by atoms with Crippen molar-refractivity contribution in [2.75, 3.05) is 6.61 Å². The third-order valence-corrected chi connectivity index (χ3v) is 14.8. The van der Waals surface area contributed by atoms with Gasteiger partial charge >= 0.3 is 5.97 Å². The fourth-order valence-electron chi connectivity index (χ4n) is 10.1. The summed E-state index contributed by atoms with van der Waals surface area (Å²) in [7, 11) is 0. The van der Waals surface area contributed by atoms with E-state index in [1.54, 1.807) is 0 Å². The van der Waals surface area contributed by atoms with E-state index in [2.05, 4.69) is 38.2 Å². The molecule has 6 nitrogen and oxygen atoms in total. The maximum absolute atomic E-state index is 13.3. The fourth-order valence-corrected chi connectivity index (χ4v) is 10.1. The van der Waals surface area contributed by atoms with E-state index in [1.807, 2.05) is 0 Å². The number of aliphatic hydroxyl groups excluding tert-OH is 2. The van der Waals surface area contributed by atoms with Crippen LogP contribution in [-0.2, 0) is 14.3 Å². The molecule has 3 N–H and O–H groups in total. The van der Waals surface area contributed by atoms with Crippen molar-refractivity contribution in [1.82, 2.24) is 5.32 Å². The molecule has 0 heterocycles. The first-order valence-electron chi connectivity index (χ1n) is 31.4. The number of unbranched alkanes of at least 4 members (excludes halogenated alkanes) is 44. The largest absolute Gasteiger partial charge is 0.462 e. The van der Waals surface area contributed by atoms with Gasteiger partial charge in [0.05, 0.1) is 25.2 Å². The van der Waals surface area contributed by atoms with Gasteiger partial charge in [-0.3, -0.25) is 9.59 Å². The minimum absolute atomic E-state index is 0.0800. The van der Waals surface area contributed by atoms with Crippen molar-refractivity contribution in [2.45, 2.75) is 373 Å². The van der Waals surface area contributed by atoms with Gasteiger partial charge in [-0.1, -0.05) is 303 Å². The monoisotopic (exact) mass is 974 g/mol. The SMILES string of the molecule is CCCCCCCC/C=C/CCCCCCCC(CC(=O)NC(CO)C(O)CCCCCCCCCCCCCCCCCCC)OC(=O)CCCCCCCCCCCCCCCCCCCC. The predicted molar refractivity (Wildman–Crippen MR) is 301 cm³/mol. The molecule has 6 heteroatoms. The van der Waals surface area contributed by atoms with Crippen molar-refractivity contribution < 1.29 is 24.5 Å². The molecular weight excluding hydrogens is 851 g/mol. The molecule has 0 aromatic heterocycles. The summed E-state index contributed by atoms with van der Waals surface area (Å²) in [5.41, 5.74) is 0. The average molecular weight is 975 g/mol. The molecule has 69 heavy (non-hydrogen) atoms. The van der Waals surface area contributed by atoms with Gasteiger partial charge in [0.25, 0.3) is 0 Å². The van der Waals surface area contributed by atoms with Gasteiger partial charge in [-0.15, -0.1) is 0 Å². The number of ether oxygens (including phenoxy) is 1. The van der Waals surface area contributed by atoms with E-state index in [4.69, 9.17) is 4.74 Å². The van der Waals surface area contributed by atoms with Crippen LogP contribution < -0.4 is 5.32 Å². The van der Waals surface area contributed by atoms with Crippen LogP contribution in [0.3, 0.4) is 0 Å². The van der Waals surface area contributed by atoms with Crippen molar-refractivity contribution in [3.05, 3.63) is 12.2 Å². The number of amides is 1. The van der Waals surface area contributed by atoms with E-state index in [0.717, 1.165) is 57.8 Å². The van der Waals surface area contributed by atoms with E-state index in [0.29, 0.717) is 19.3 Å². The van der Waals surface area contributed by atoms with Gasteiger partial charge < -0.3 is 20.3 Å². The first kappa shape index (κ1) is 67.6. The molecule has 0 aliphatic carbocycles. The van der Waals surface area contributed by atoms with E-state index in [1.165, 1.54) is 250 Å². The Morgan fingerprint density at radius 3 is 1.03 bits per heavy atom. The smallest absolute Gasteiger partial charge is 0.306 e. The van der Waals surface area contributed by atoms with Gasteiger partial charge in [0.15, 0.2) is 0 Å². The van der Waals surface area contributed by atoms with Crippen molar-refractivity contribution in [3.8, 4) is 0 Å². The van der Waals surface area contributed by atoms with Gasteiger partial charge in [-0.25, -0.2) is 0 Å². The second-order valence-corrected chi connectivity index (χ2v) is 21.8. The van der Waals surface area contributed by atoms with Gasteiger partial charge in [0.1, 0.15) is 6.10 Å². The molecule has 0 aliphatic rings. The van der Waals surface area contributed by atoms with Crippen LogP contribution in [0.2, 0.25) is 0 Å². The zero-order chi connectivity index (χ0) is 50.2. The number of nitrogens with one attached hydrogen (secondary N) is 1. The van der Waals surface area contributed by atoms with E-state index in [-0.39, 0.29) is 24.9 Å². The number of hydrogen-bond acceptors (Lipinski definition) is 5. The van der Waals surface area contributed by atoms with Crippen LogP contribution in [0, 0.1) is 0 Å². The quantitative estimate of drug-likeness (QED) is 0.0321. The van der Waals surface area contributed by atoms with Crippen molar-refractivity contribution in [1.29, 1.82) is 0 Å². The molecule has 0 fully saturated rings. The Morgan fingerprint density at radius 1 is 0.406 bits per heavy atom. The highest BCUT2D eigenvalue weighted by Gasteiger charge is 2.24. The predicted octanol–water partition coefficient (Wildman–Crippen LogP) is 19.6. The fraction of sp³-hybridized carbons (Fsp3) is 0.937. The molecule has 0 radical (unpaired) electrons. The number of carbonyl (C=O) groups is 2. The number of allylic oxidation sites excluding steroid dienone is 2. The number of rotatable bonds is 58. The summed E-state index contributed by atoms with van der Waals surface area (Å²) in [4.78, 5) is 26.4. The molecule has 0 saturated heterocycles. The molecule has 1 amide bonds. The molecule has 0 aromatic rings. The highest BCUT2D eigenvalue weighted by molar-refractivity contribution is 5.77. The van der Waals surface area contributed by atoms with Crippen LogP contribution in [0.5, 0.6) is 0 Å². The number of esters is 1. The maximum atomic E-state index is 13.3. The number of hydrogen-bond donors (Lipinski definition) is 3. The second kappa shape index (κ2) is 57.5. The Morgan fingerprint density at radius 2 is 0.696 bits per heavy atom. The lowest BCUT2D eigenvalue weighted by molar-refractivity contribution is -0.151. The van der Waals surface area contributed by atoms with Crippen LogP contribution >= 0.6 is 0 Å². The topological polar surface area (TPSA) is 95.9 Å². The normalized spacial score (nSPS) is 13.1. The average Bonchev–Trinajstić information content (AvgIpc) is 3.34. The van der Waals surface area contributed by atoms with E-state index in [9.17, 15) is 19.8 Å². The van der Waals surface area contributed by atoms with Crippen molar-refractivity contribution >= 4 is 11.9 Å². The summed E-state index contributed by atoms with van der Waals surface area (Å²) in [6, 6.07) is -0.700. The lowest BCUT2D eigenvalue weighted by atomic mass is 10.0. The van der Waals surface area contributed by atoms with E-state index < -0.39 is 18.2 Å². The van der Waals surface area contributed by atoms with Crippen LogP contribution in [0.15, 0.2) is 12.2 Å². The van der Waals surface area contributed by atoms with Crippen molar-refractivity contribution in [2.24, 2.45) is 0 Å². The second-order valence-electron chi connectivity index (χ2n) is 21.8. The van der Waals surface area contributed by atoms with Crippen LogP contribution in [0.25, 0.3) is 0 Å². The van der Waals surface area contributed by atoms with Crippen molar-refractivity contribution in [3.63, 3.8) is 0 Å². The summed E-state index contributed by atoms with van der Waals surface area (Å²) in [5.74, 6) is -0.455. The Labute approximate surface area is 431 Å². The Kier molecular flexibility index (Phi) is 56.3. The van der Waals surface area contributed by atoms with Gasteiger partial charge in [0, 0.05) is 6.42 Å². The zero-order valence-corrected chi connectivity index (χ0v) is 47.0. The molecule has 0 rings (SSSR count). The van der Waals surface area contributed by atoms with Gasteiger partial charge in [0.2, 0.25) is 5.91 Å². The summed E-state index contributed by atoms with van der Waals surface area (Å²) in [5, 5.41) is 24.0. The maximum Gasteiger partial charge on any atom is 0.306 e.